The van der Waals surface area contributed by atoms with E-state index in [0.29, 0.717) is 49.8 Å². The summed E-state index contributed by atoms with van der Waals surface area (Å²) in [6.45, 7) is 7.99. The van der Waals surface area contributed by atoms with Gasteiger partial charge >= 0.3 is 5.97 Å². The van der Waals surface area contributed by atoms with E-state index < -0.39 is 12.0 Å². The van der Waals surface area contributed by atoms with Crippen molar-refractivity contribution >= 4 is 51.0 Å². The van der Waals surface area contributed by atoms with E-state index in [0.717, 1.165) is 11.1 Å². The zero-order valence-electron chi connectivity index (χ0n) is 20.1. The van der Waals surface area contributed by atoms with Gasteiger partial charge in [-0.15, -0.1) is 0 Å². The maximum Gasteiger partial charge on any atom is 0.338 e. The molecule has 0 saturated carbocycles. The maximum absolute atomic E-state index is 13.1. The van der Waals surface area contributed by atoms with Crippen LogP contribution in [-0.4, -0.2) is 33.4 Å². The van der Waals surface area contributed by atoms with Gasteiger partial charge < -0.3 is 19.5 Å². The number of halogens is 3. The molecule has 1 aliphatic heterocycles. The minimum atomic E-state index is -0.588. The number of hydrogen-bond donors (Lipinski definition) is 1. The minimum Gasteiger partial charge on any atom is -0.490 e. The van der Waals surface area contributed by atoms with Crippen molar-refractivity contribution in [2.45, 2.75) is 46.4 Å². The van der Waals surface area contributed by atoms with E-state index in [4.69, 9.17) is 37.4 Å². The van der Waals surface area contributed by atoms with Crippen LogP contribution in [0.2, 0.25) is 10.0 Å². The van der Waals surface area contributed by atoms with Crippen LogP contribution in [0.15, 0.2) is 52.4 Å². The topological polar surface area (TPSA) is 87.5 Å². The third kappa shape index (κ3) is 5.48. The van der Waals surface area contributed by atoms with Gasteiger partial charge in [-0.1, -0.05) is 29.3 Å². The summed E-state index contributed by atoms with van der Waals surface area (Å²) in [7, 11) is 0. The van der Waals surface area contributed by atoms with Crippen molar-refractivity contribution in [3.8, 4) is 11.5 Å². The van der Waals surface area contributed by atoms with Crippen LogP contribution in [0.5, 0.6) is 11.5 Å². The summed E-state index contributed by atoms with van der Waals surface area (Å²) >= 11 is 15.8. The third-order valence-electron chi connectivity index (χ3n) is 5.37. The fourth-order valence-corrected chi connectivity index (χ4v) is 4.77. The van der Waals surface area contributed by atoms with Gasteiger partial charge in [0.15, 0.2) is 11.5 Å². The zero-order chi connectivity index (χ0) is 26.0. The predicted molar refractivity (Wildman–Crippen MR) is 142 cm³/mol. The Bertz CT molecular complexity index is 1330. The summed E-state index contributed by atoms with van der Waals surface area (Å²) in [4.78, 5) is 17.4. The van der Waals surface area contributed by atoms with Crippen LogP contribution in [0.3, 0.4) is 0 Å². The van der Waals surface area contributed by atoms with Gasteiger partial charge in [-0.3, -0.25) is 0 Å². The highest BCUT2D eigenvalue weighted by Gasteiger charge is 2.35. The predicted octanol–water partition coefficient (Wildman–Crippen LogP) is 6.57. The van der Waals surface area contributed by atoms with Gasteiger partial charge in [-0.25, -0.2) is 9.48 Å². The Kier molecular flexibility index (Phi) is 8.12. The largest absolute Gasteiger partial charge is 0.490 e. The monoisotopic (exact) mass is 594 g/mol. The molecule has 1 aliphatic rings. The summed E-state index contributed by atoms with van der Waals surface area (Å²) in [5.74, 6) is 1.12. The molecular formula is C25H25BrCl2N4O4. The SMILES string of the molecule is CCOc1cc(C2C(C(=O)OC(C)C)=C(C)Nc3ncnn32)cc(Br)c1OCc1ccc(Cl)c(Cl)c1. The van der Waals surface area contributed by atoms with Crippen molar-refractivity contribution in [1.82, 2.24) is 14.8 Å². The summed E-state index contributed by atoms with van der Waals surface area (Å²) in [6.07, 6.45) is 1.16. The van der Waals surface area contributed by atoms with Crippen molar-refractivity contribution in [1.29, 1.82) is 0 Å². The molecule has 0 radical (unpaired) electrons. The molecular weight excluding hydrogens is 571 g/mol. The van der Waals surface area contributed by atoms with Crippen molar-refractivity contribution in [2.24, 2.45) is 0 Å². The van der Waals surface area contributed by atoms with E-state index in [-0.39, 0.29) is 12.7 Å². The molecule has 190 valence electrons. The van der Waals surface area contributed by atoms with Crippen molar-refractivity contribution in [3.63, 3.8) is 0 Å². The van der Waals surface area contributed by atoms with Gasteiger partial charge in [0.25, 0.3) is 0 Å². The maximum atomic E-state index is 13.1. The highest BCUT2D eigenvalue weighted by molar-refractivity contribution is 9.10. The molecule has 0 amide bonds. The Balaban J connectivity index is 1.74. The number of aromatic nitrogens is 3. The summed E-state index contributed by atoms with van der Waals surface area (Å²) in [5.41, 5.74) is 2.67. The smallest absolute Gasteiger partial charge is 0.338 e. The Morgan fingerprint density at radius 3 is 2.67 bits per heavy atom. The summed E-state index contributed by atoms with van der Waals surface area (Å²) < 4.78 is 19.9. The molecule has 0 spiro atoms. The number of benzene rings is 2. The van der Waals surface area contributed by atoms with Gasteiger partial charge in [0.1, 0.15) is 19.0 Å². The molecule has 11 heteroatoms. The van der Waals surface area contributed by atoms with Crippen LogP contribution in [0.1, 0.15) is 44.9 Å². The van der Waals surface area contributed by atoms with Gasteiger partial charge in [-0.05, 0) is 79.0 Å². The van der Waals surface area contributed by atoms with Crippen LogP contribution in [0.25, 0.3) is 0 Å². The molecule has 3 aromatic rings. The first kappa shape index (κ1) is 26.3. The lowest BCUT2D eigenvalue weighted by Crippen LogP contribution is -2.30. The average molecular weight is 596 g/mol. The molecule has 1 aromatic heterocycles. The molecule has 1 atom stereocenters. The van der Waals surface area contributed by atoms with E-state index in [1.165, 1.54) is 6.33 Å². The van der Waals surface area contributed by atoms with E-state index in [1.54, 1.807) is 16.8 Å². The van der Waals surface area contributed by atoms with Gasteiger partial charge in [-0.2, -0.15) is 10.1 Å². The second kappa shape index (κ2) is 11.1. The third-order valence-corrected chi connectivity index (χ3v) is 6.70. The molecule has 0 fully saturated rings. The number of esters is 1. The van der Waals surface area contributed by atoms with Crippen LogP contribution in [-0.2, 0) is 16.1 Å². The standard InChI is InChI=1S/C25H25BrCl2N4O4/c1-5-34-20-10-16(9-17(26)23(20)35-11-15-6-7-18(27)19(28)8-15)22-21(24(33)36-13(2)3)14(4)31-25-29-12-30-32(22)25/h6-10,12-13,22H,5,11H2,1-4H3,(H,29,30,31). The molecule has 4 rings (SSSR count). The van der Waals surface area contributed by atoms with Gasteiger partial charge in [0.05, 0.1) is 32.8 Å². The molecule has 0 aliphatic carbocycles. The molecule has 8 nitrogen and oxygen atoms in total. The van der Waals surface area contributed by atoms with Crippen LogP contribution < -0.4 is 14.8 Å². The lowest BCUT2D eigenvalue weighted by molar-refractivity contribution is -0.143. The molecule has 0 saturated heterocycles. The molecule has 1 N–H and O–H groups in total. The lowest BCUT2D eigenvalue weighted by atomic mass is 9.95. The summed E-state index contributed by atoms with van der Waals surface area (Å²) in [6, 6.07) is 8.46. The van der Waals surface area contributed by atoms with Crippen molar-refractivity contribution in [2.75, 3.05) is 11.9 Å². The second-order valence-corrected chi connectivity index (χ2v) is 10.0. The fourth-order valence-electron chi connectivity index (χ4n) is 3.87. The number of anilines is 1. The number of ether oxygens (including phenoxy) is 3. The lowest BCUT2D eigenvalue weighted by Gasteiger charge is -2.29. The van der Waals surface area contributed by atoms with Gasteiger partial charge in [0, 0.05) is 5.70 Å². The number of nitrogens with one attached hydrogen (secondary N) is 1. The normalized spacial score (nSPS) is 14.9. The van der Waals surface area contributed by atoms with E-state index in [1.807, 2.05) is 45.9 Å². The number of rotatable bonds is 8. The fraction of sp³-hybridized carbons (Fsp3) is 0.320. The summed E-state index contributed by atoms with van der Waals surface area (Å²) in [5, 5.41) is 8.44. The minimum absolute atomic E-state index is 0.250. The molecule has 0 bridgehead atoms. The number of fused-ring (bicyclic) bond motifs is 1. The first-order chi connectivity index (χ1) is 17.2. The highest BCUT2D eigenvalue weighted by atomic mass is 79.9. The Hall–Kier alpha value is -2.75. The van der Waals surface area contributed by atoms with Crippen LogP contribution >= 0.6 is 39.1 Å². The van der Waals surface area contributed by atoms with Crippen molar-refractivity contribution in [3.05, 3.63) is 73.6 Å². The Labute approximate surface area is 227 Å². The van der Waals surface area contributed by atoms with Crippen LogP contribution in [0, 0.1) is 0 Å². The first-order valence-electron chi connectivity index (χ1n) is 11.3. The molecule has 2 aromatic carbocycles. The number of nitrogens with zero attached hydrogens (tertiary/aromatic N) is 3. The molecule has 2 heterocycles. The quantitative estimate of drug-likeness (QED) is 0.295. The highest BCUT2D eigenvalue weighted by Crippen LogP contribution is 2.43. The van der Waals surface area contributed by atoms with Crippen LogP contribution in [0.4, 0.5) is 5.95 Å². The average Bonchev–Trinajstić information content (AvgIpc) is 3.27. The molecule has 36 heavy (non-hydrogen) atoms. The number of carbonyl (C=O) groups is 1. The van der Waals surface area contributed by atoms with E-state index >= 15 is 0 Å². The number of allylic oxidation sites excluding steroid dienone is 1. The Morgan fingerprint density at radius 1 is 1.19 bits per heavy atom. The van der Waals surface area contributed by atoms with E-state index in [9.17, 15) is 4.79 Å². The zero-order valence-corrected chi connectivity index (χ0v) is 23.2. The number of carbonyl (C=O) groups excluding carboxylic acids is 1. The first-order valence-corrected chi connectivity index (χ1v) is 12.9. The molecule has 1 unspecified atom stereocenters. The van der Waals surface area contributed by atoms with Crippen molar-refractivity contribution < 1.29 is 19.0 Å². The number of hydrogen-bond acceptors (Lipinski definition) is 7. The van der Waals surface area contributed by atoms with E-state index in [2.05, 4.69) is 31.3 Å². The van der Waals surface area contributed by atoms with Gasteiger partial charge in [0.2, 0.25) is 5.95 Å². The second-order valence-electron chi connectivity index (χ2n) is 8.35. The Morgan fingerprint density at radius 2 is 1.97 bits per heavy atom.